The molecule has 1 aromatic rings. The minimum Gasteiger partial charge on any atom is -0.378 e. The van der Waals surface area contributed by atoms with Crippen molar-refractivity contribution in [3.05, 3.63) is 38.7 Å². The fourth-order valence-electron chi connectivity index (χ4n) is 2.46. The van der Waals surface area contributed by atoms with E-state index in [0.717, 1.165) is 16.7 Å². The molecule has 0 aliphatic carbocycles. The Kier molecular flexibility index (Phi) is 5.68. The number of benzene rings is 1. The maximum absolute atomic E-state index is 12.5. The SMILES string of the molecule is O=C(CN1C(=O)S/C(=C/c2c(Cl)cccc2Cl)C1=O)N1CCOCC1. The van der Waals surface area contributed by atoms with E-state index in [9.17, 15) is 14.4 Å². The van der Waals surface area contributed by atoms with Crippen LogP contribution < -0.4 is 0 Å². The fraction of sp³-hybridized carbons (Fsp3) is 0.312. The molecule has 0 saturated carbocycles. The number of carbonyl (C=O) groups is 3. The number of hydrogen-bond acceptors (Lipinski definition) is 5. The maximum atomic E-state index is 12.5. The number of ether oxygens (including phenoxy) is 1. The quantitative estimate of drug-likeness (QED) is 0.729. The monoisotopic (exact) mass is 400 g/mol. The van der Waals surface area contributed by atoms with Crippen molar-refractivity contribution in [3.8, 4) is 0 Å². The number of rotatable bonds is 3. The van der Waals surface area contributed by atoms with Crippen molar-refractivity contribution >= 4 is 58.1 Å². The van der Waals surface area contributed by atoms with Crippen LogP contribution in [0.25, 0.3) is 6.08 Å². The Morgan fingerprint density at radius 2 is 1.84 bits per heavy atom. The zero-order valence-electron chi connectivity index (χ0n) is 13.0. The van der Waals surface area contributed by atoms with Crippen LogP contribution in [0.15, 0.2) is 23.1 Å². The van der Waals surface area contributed by atoms with E-state index < -0.39 is 11.1 Å². The highest BCUT2D eigenvalue weighted by molar-refractivity contribution is 8.18. The van der Waals surface area contributed by atoms with E-state index in [4.69, 9.17) is 27.9 Å². The first kappa shape index (κ1) is 18.3. The summed E-state index contributed by atoms with van der Waals surface area (Å²) in [5.41, 5.74) is 0.468. The average Bonchev–Trinajstić information content (AvgIpc) is 2.86. The van der Waals surface area contributed by atoms with Crippen molar-refractivity contribution in [1.29, 1.82) is 0 Å². The Balaban J connectivity index is 1.76. The van der Waals surface area contributed by atoms with Gasteiger partial charge in [0.25, 0.3) is 11.1 Å². The van der Waals surface area contributed by atoms with Gasteiger partial charge in [0, 0.05) is 28.7 Å². The van der Waals surface area contributed by atoms with Gasteiger partial charge in [-0.25, -0.2) is 0 Å². The van der Waals surface area contributed by atoms with E-state index in [1.165, 1.54) is 6.08 Å². The van der Waals surface area contributed by atoms with E-state index in [1.54, 1.807) is 23.1 Å². The first-order chi connectivity index (χ1) is 12.0. The lowest BCUT2D eigenvalue weighted by molar-refractivity contribution is -0.139. The first-order valence-corrected chi connectivity index (χ1v) is 9.09. The number of hydrogen-bond donors (Lipinski definition) is 0. The van der Waals surface area contributed by atoms with Gasteiger partial charge < -0.3 is 9.64 Å². The molecule has 6 nitrogen and oxygen atoms in total. The Morgan fingerprint density at radius 3 is 2.48 bits per heavy atom. The molecule has 0 spiro atoms. The summed E-state index contributed by atoms with van der Waals surface area (Å²) in [7, 11) is 0. The third kappa shape index (κ3) is 4.00. The molecule has 0 aromatic heterocycles. The van der Waals surface area contributed by atoms with Gasteiger partial charge in [0.05, 0.1) is 18.1 Å². The lowest BCUT2D eigenvalue weighted by atomic mass is 10.2. The standard InChI is InChI=1S/C16H14Cl2N2O4S/c17-11-2-1-3-12(18)10(11)8-13-15(22)20(16(23)25-13)9-14(21)19-4-6-24-7-5-19/h1-3,8H,4-7,9H2/b13-8+. The number of amides is 3. The topological polar surface area (TPSA) is 66.9 Å². The molecular formula is C16H14Cl2N2O4S. The average molecular weight is 401 g/mol. The first-order valence-electron chi connectivity index (χ1n) is 7.52. The van der Waals surface area contributed by atoms with Crippen LogP contribution in [0.4, 0.5) is 4.79 Å². The highest BCUT2D eigenvalue weighted by atomic mass is 35.5. The highest BCUT2D eigenvalue weighted by Crippen LogP contribution is 2.35. The number of imide groups is 1. The Morgan fingerprint density at radius 1 is 1.20 bits per heavy atom. The zero-order chi connectivity index (χ0) is 18.0. The van der Waals surface area contributed by atoms with Crippen molar-refractivity contribution in [2.24, 2.45) is 0 Å². The smallest absolute Gasteiger partial charge is 0.294 e. The summed E-state index contributed by atoms with van der Waals surface area (Å²) in [5.74, 6) is -0.796. The second-order valence-corrected chi connectivity index (χ2v) is 7.20. The molecule has 132 valence electrons. The summed E-state index contributed by atoms with van der Waals surface area (Å²) >= 11 is 13.0. The molecule has 2 saturated heterocycles. The molecule has 25 heavy (non-hydrogen) atoms. The molecule has 0 unspecified atom stereocenters. The molecule has 0 atom stereocenters. The second kappa shape index (κ2) is 7.78. The van der Waals surface area contributed by atoms with Crippen molar-refractivity contribution < 1.29 is 19.1 Å². The molecule has 0 radical (unpaired) electrons. The largest absolute Gasteiger partial charge is 0.378 e. The molecule has 9 heteroatoms. The predicted octanol–water partition coefficient (Wildman–Crippen LogP) is 2.89. The Bertz CT molecular complexity index is 742. The summed E-state index contributed by atoms with van der Waals surface area (Å²) in [4.78, 5) is 39.6. The van der Waals surface area contributed by atoms with Crippen LogP contribution >= 0.6 is 35.0 Å². The molecule has 2 fully saturated rings. The van der Waals surface area contributed by atoms with Gasteiger partial charge in [0.2, 0.25) is 5.91 Å². The third-order valence-electron chi connectivity index (χ3n) is 3.81. The van der Waals surface area contributed by atoms with E-state index in [0.29, 0.717) is 41.9 Å². The molecular weight excluding hydrogens is 387 g/mol. The van der Waals surface area contributed by atoms with E-state index in [2.05, 4.69) is 0 Å². The van der Waals surface area contributed by atoms with Crippen LogP contribution in [-0.2, 0) is 14.3 Å². The van der Waals surface area contributed by atoms with Crippen LogP contribution in [0.3, 0.4) is 0 Å². The van der Waals surface area contributed by atoms with Crippen molar-refractivity contribution in [1.82, 2.24) is 9.80 Å². The van der Waals surface area contributed by atoms with Gasteiger partial charge in [-0.15, -0.1) is 0 Å². The number of halogens is 2. The zero-order valence-corrected chi connectivity index (χ0v) is 15.4. The molecule has 3 amide bonds. The lowest BCUT2D eigenvalue weighted by Crippen LogP contribution is -2.46. The third-order valence-corrected chi connectivity index (χ3v) is 5.37. The van der Waals surface area contributed by atoms with E-state index in [1.807, 2.05) is 0 Å². The van der Waals surface area contributed by atoms with Gasteiger partial charge in [-0.05, 0) is 30.0 Å². The van der Waals surface area contributed by atoms with Gasteiger partial charge in [0.1, 0.15) is 6.54 Å². The molecule has 1 aromatic carbocycles. The summed E-state index contributed by atoms with van der Waals surface area (Å²) in [6.07, 6.45) is 1.48. The van der Waals surface area contributed by atoms with Crippen LogP contribution in [0, 0.1) is 0 Å². The second-order valence-electron chi connectivity index (χ2n) is 5.40. The van der Waals surface area contributed by atoms with Gasteiger partial charge in [-0.1, -0.05) is 29.3 Å². The Hall–Kier alpha value is -1.54. The summed E-state index contributed by atoms with van der Waals surface area (Å²) in [5, 5.41) is 0.272. The van der Waals surface area contributed by atoms with Crippen LogP contribution in [0.1, 0.15) is 5.56 Å². The molecule has 2 heterocycles. The normalized spacial score (nSPS) is 19.8. The highest BCUT2D eigenvalue weighted by Gasteiger charge is 2.37. The molecule has 0 bridgehead atoms. The van der Waals surface area contributed by atoms with Crippen LogP contribution in [-0.4, -0.2) is 59.7 Å². The molecule has 2 aliphatic heterocycles. The van der Waals surface area contributed by atoms with Crippen molar-refractivity contribution in [3.63, 3.8) is 0 Å². The van der Waals surface area contributed by atoms with Crippen LogP contribution in [0.2, 0.25) is 10.0 Å². The van der Waals surface area contributed by atoms with Crippen LogP contribution in [0.5, 0.6) is 0 Å². The predicted molar refractivity (Wildman–Crippen MR) is 96.5 cm³/mol. The number of thioether (sulfide) groups is 1. The van der Waals surface area contributed by atoms with Crippen molar-refractivity contribution in [2.75, 3.05) is 32.8 Å². The van der Waals surface area contributed by atoms with E-state index >= 15 is 0 Å². The van der Waals surface area contributed by atoms with E-state index in [-0.39, 0.29) is 17.4 Å². The fourth-order valence-corrected chi connectivity index (χ4v) is 3.79. The minimum absolute atomic E-state index is 0.190. The van der Waals surface area contributed by atoms with Gasteiger partial charge in [-0.3, -0.25) is 19.3 Å². The lowest BCUT2D eigenvalue weighted by Gasteiger charge is -2.28. The number of carbonyl (C=O) groups excluding carboxylic acids is 3. The number of nitrogens with zero attached hydrogens (tertiary/aromatic N) is 2. The Labute approximate surface area is 158 Å². The molecule has 2 aliphatic rings. The minimum atomic E-state index is -0.521. The van der Waals surface area contributed by atoms with Crippen molar-refractivity contribution in [2.45, 2.75) is 0 Å². The number of morpholine rings is 1. The molecule has 3 rings (SSSR count). The summed E-state index contributed by atoms with van der Waals surface area (Å²) in [6, 6.07) is 4.98. The van der Waals surface area contributed by atoms with Gasteiger partial charge in [-0.2, -0.15) is 0 Å². The van der Waals surface area contributed by atoms with Gasteiger partial charge in [0.15, 0.2) is 0 Å². The molecule has 0 N–H and O–H groups in total. The van der Waals surface area contributed by atoms with Gasteiger partial charge >= 0.3 is 0 Å². The summed E-state index contributed by atoms with van der Waals surface area (Å²) < 4.78 is 5.19. The summed E-state index contributed by atoms with van der Waals surface area (Å²) in [6.45, 7) is 1.55. The maximum Gasteiger partial charge on any atom is 0.294 e.